The van der Waals surface area contributed by atoms with Gasteiger partial charge >= 0.3 is 11.8 Å². The third-order valence-electron chi connectivity index (χ3n) is 2.76. The molecule has 2 rings (SSSR count). The van der Waals surface area contributed by atoms with Gasteiger partial charge in [-0.1, -0.05) is 0 Å². The first-order valence-corrected chi connectivity index (χ1v) is 6.36. The lowest BCUT2D eigenvalue weighted by molar-refractivity contribution is -0.136. The first kappa shape index (κ1) is 14.7. The number of anilines is 1. The highest BCUT2D eigenvalue weighted by atomic mass is 16.3. The quantitative estimate of drug-likeness (QED) is 0.708. The van der Waals surface area contributed by atoms with Crippen molar-refractivity contribution in [3.05, 3.63) is 48.7 Å². The summed E-state index contributed by atoms with van der Waals surface area (Å²) in [5.74, 6) is -1.54. The summed E-state index contributed by atoms with van der Waals surface area (Å²) in [5.41, 5.74) is 1.07. The molecule has 0 fully saturated rings. The lowest BCUT2D eigenvalue weighted by Crippen LogP contribution is -2.36. The van der Waals surface area contributed by atoms with Crippen LogP contribution in [-0.4, -0.2) is 28.4 Å². The van der Waals surface area contributed by atoms with E-state index in [2.05, 4.69) is 15.6 Å². The van der Waals surface area contributed by atoms with Crippen molar-refractivity contribution < 1.29 is 19.1 Å². The number of hydrogen-bond donors (Lipinski definition) is 3. The van der Waals surface area contributed by atoms with Crippen molar-refractivity contribution >= 4 is 17.5 Å². The topological polar surface area (TPSA) is 104 Å². The number of hydrogen-bond acceptors (Lipinski definition) is 5. The van der Waals surface area contributed by atoms with E-state index in [0.29, 0.717) is 11.3 Å². The van der Waals surface area contributed by atoms with Crippen LogP contribution in [0.4, 0.5) is 5.69 Å². The van der Waals surface area contributed by atoms with Gasteiger partial charge in [-0.15, -0.1) is 0 Å². The fourth-order valence-electron chi connectivity index (χ4n) is 1.66. The lowest BCUT2D eigenvalue weighted by atomic mass is 10.1. The van der Waals surface area contributed by atoms with Gasteiger partial charge in [0.2, 0.25) is 0 Å². The Morgan fingerprint density at radius 2 is 2.19 bits per heavy atom. The first-order valence-electron chi connectivity index (χ1n) is 6.36. The molecule has 2 heterocycles. The van der Waals surface area contributed by atoms with Crippen molar-refractivity contribution in [1.82, 2.24) is 10.3 Å². The number of rotatable bonds is 5. The molecule has 0 radical (unpaired) electrons. The predicted molar refractivity (Wildman–Crippen MR) is 74.2 cm³/mol. The molecule has 0 saturated heterocycles. The Balaban J connectivity index is 1.73. The standard InChI is InChI=1S/C14H15N3O4/c18-12(10-4-7-21-9-10)3-6-16-13(19)14(20)17-11-2-1-5-15-8-11/h1-2,4-5,7-9,12,18H,3,6H2,(H,16,19)(H,17,20)/t12-/m1/s1. The molecule has 0 aliphatic heterocycles. The first-order chi connectivity index (χ1) is 10.2. The normalized spacial score (nSPS) is 11.7. The molecule has 0 aliphatic carbocycles. The van der Waals surface area contributed by atoms with Gasteiger partial charge < -0.3 is 20.2 Å². The fourth-order valence-corrected chi connectivity index (χ4v) is 1.66. The molecular formula is C14H15N3O4. The number of carbonyl (C=O) groups excluding carboxylic acids is 2. The summed E-state index contributed by atoms with van der Waals surface area (Å²) >= 11 is 0. The number of furan rings is 1. The average molecular weight is 289 g/mol. The zero-order valence-corrected chi connectivity index (χ0v) is 11.2. The van der Waals surface area contributed by atoms with Crippen molar-refractivity contribution in [2.24, 2.45) is 0 Å². The number of aromatic nitrogens is 1. The molecule has 110 valence electrons. The maximum atomic E-state index is 11.6. The van der Waals surface area contributed by atoms with E-state index in [4.69, 9.17) is 4.42 Å². The van der Waals surface area contributed by atoms with E-state index in [1.54, 1.807) is 24.4 Å². The third kappa shape index (κ3) is 4.43. The van der Waals surface area contributed by atoms with Crippen LogP contribution >= 0.6 is 0 Å². The summed E-state index contributed by atoms with van der Waals surface area (Å²) in [6.45, 7) is 0.172. The minimum Gasteiger partial charge on any atom is -0.472 e. The fraction of sp³-hybridized carbons (Fsp3) is 0.214. The van der Waals surface area contributed by atoms with Gasteiger partial charge in [0.05, 0.1) is 30.5 Å². The van der Waals surface area contributed by atoms with E-state index >= 15 is 0 Å². The van der Waals surface area contributed by atoms with Crippen molar-refractivity contribution in [3.8, 4) is 0 Å². The summed E-state index contributed by atoms with van der Waals surface area (Å²) in [4.78, 5) is 27.0. The second-order valence-electron chi connectivity index (χ2n) is 4.31. The van der Waals surface area contributed by atoms with Gasteiger partial charge in [-0.2, -0.15) is 0 Å². The monoisotopic (exact) mass is 289 g/mol. The number of pyridine rings is 1. The molecule has 0 aromatic carbocycles. The Morgan fingerprint density at radius 3 is 2.86 bits per heavy atom. The molecule has 0 saturated carbocycles. The molecule has 2 amide bonds. The molecule has 0 unspecified atom stereocenters. The van der Waals surface area contributed by atoms with Gasteiger partial charge in [0.25, 0.3) is 0 Å². The Labute approximate surface area is 121 Å². The molecule has 2 aromatic heterocycles. The molecule has 7 heteroatoms. The Kier molecular flexibility index (Phi) is 5.05. The van der Waals surface area contributed by atoms with Crippen molar-refractivity contribution in [1.29, 1.82) is 0 Å². The van der Waals surface area contributed by atoms with Crippen molar-refractivity contribution in [2.75, 3.05) is 11.9 Å². The maximum absolute atomic E-state index is 11.6. The van der Waals surface area contributed by atoms with Gasteiger partial charge in [0.15, 0.2) is 0 Å². The van der Waals surface area contributed by atoms with Gasteiger partial charge in [0, 0.05) is 18.3 Å². The van der Waals surface area contributed by atoms with E-state index in [9.17, 15) is 14.7 Å². The zero-order valence-electron chi connectivity index (χ0n) is 11.2. The molecule has 0 aliphatic rings. The summed E-state index contributed by atoms with van der Waals surface area (Å²) in [7, 11) is 0. The summed E-state index contributed by atoms with van der Waals surface area (Å²) in [6, 6.07) is 4.91. The second-order valence-corrected chi connectivity index (χ2v) is 4.31. The van der Waals surface area contributed by atoms with E-state index < -0.39 is 17.9 Å². The highest BCUT2D eigenvalue weighted by molar-refractivity contribution is 6.39. The van der Waals surface area contributed by atoms with Crippen LogP contribution in [0.15, 0.2) is 47.5 Å². The van der Waals surface area contributed by atoms with E-state index in [0.717, 1.165) is 0 Å². The Bertz CT molecular complexity index is 584. The van der Waals surface area contributed by atoms with Crippen LogP contribution in [0.5, 0.6) is 0 Å². The average Bonchev–Trinajstić information content (AvgIpc) is 3.02. The van der Waals surface area contributed by atoms with Gasteiger partial charge in [0.1, 0.15) is 0 Å². The Morgan fingerprint density at radius 1 is 1.33 bits per heavy atom. The van der Waals surface area contributed by atoms with Crippen LogP contribution in [0, 0.1) is 0 Å². The number of nitrogens with one attached hydrogen (secondary N) is 2. The maximum Gasteiger partial charge on any atom is 0.313 e. The summed E-state index contributed by atoms with van der Waals surface area (Å²) in [5, 5.41) is 14.6. The van der Waals surface area contributed by atoms with Gasteiger partial charge in [-0.05, 0) is 24.6 Å². The van der Waals surface area contributed by atoms with Gasteiger partial charge in [-0.25, -0.2) is 0 Å². The number of nitrogens with zero attached hydrogens (tertiary/aromatic N) is 1. The highest BCUT2D eigenvalue weighted by Gasteiger charge is 2.14. The van der Waals surface area contributed by atoms with E-state index in [1.165, 1.54) is 18.7 Å². The number of carbonyl (C=O) groups is 2. The number of aliphatic hydroxyl groups is 1. The van der Waals surface area contributed by atoms with Crippen LogP contribution < -0.4 is 10.6 Å². The van der Waals surface area contributed by atoms with E-state index in [-0.39, 0.29) is 13.0 Å². The minimum atomic E-state index is -0.777. The molecule has 0 spiro atoms. The smallest absolute Gasteiger partial charge is 0.313 e. The molecule has 2 aromatic rings. The SMILES string of the molecule is O=C(NCC[C@@H](O)c1ccoc1)C(=O)Nc1cccnc1. The van der Waals surface area contributed by atoms with Crippen molar-refractivity contribution in [2.45, 2.75) is 12.5 Å². The second kappa shape index (κ2) is 7.20. The molecule has 21 heavy (non-hydrogen) atoms. The van der Waals surface area contributed by atoms with Crippen LogP contribution in [0.1, 0.15) is 18.1 Å². The zero-order chi connectivity index (χ0) is 15.1. The number of aliphatic hydroxyl groups excluding tert-OH is 1. The number of amides is 2. The summed E-state index contributed by atoms with van der Waals surface area (Å²) in [6.07, 6.45) is 5.43. The minimum absolute atomic E-state index is 0.172. The Hall–Kier alpha value is -2.67. The largest absolute Gasteiger partial charge is 0.472 e. The molecular weight excluding hydrogens is 274 g/mol. The summed E-state index contributed by atoms with van der Waals surface area (Å²) < 4.78 is 4.85. The van der Waals surface area contributed by atoms with Crippen LogP contribution in [0.25, 0.3) is 0 Å². The molecule has 0 bridgehead atoms. The molecule has 1 atom stereocenters. The third-order valence-corrected chi connectivity index (χ3v) is 2.76. The van der Waals surface area contributed by atoms with Gasteiger partial charge in [-0.3, -0.25) is 14.6 Å². The highest BCUT2D eigenvalue weighted by Crippen LogP contribution is 2.15. The predicted octanol–water partition coefficient (Wildman–Crippen LogP) is 0.853. The van der Waals surface area contributed by atoms with E-state index in [1.807, 2.05) is 0 Å². The lowest BCUT2D eigenvalue weighted by Gasteiger charge is -2.09. The molecule has 3 N–H and O–H groups in total. The molecule has 7 nitrogen and oxygen atoms in total. The van der Waals surface area contributed by atoms with Crippen LogP contribution in [0.2, 0.25) is 0 Å². The van der Waals surface area contributed by atoms with Crippen LogP contribution in [-0.2, 0) is 9.59 Å². The van der Waals surface area contributed by atoms with Crippen molar-refractivity contribution in [3.63, 3.8) is 0 Å². The van der Waals surface area contributed by atoms with Crippen LogP contribution in [0.3, 0.4) is 0 Å².